The van der Waals surface area contributed by atoms with Crippen molar-refractivity contribution in [3.05, 3.63) is 22.9 Å². The third-order valence-electron chi connectivity index (χ3n) is 2.96. The van der Waals surface area contributed by atoms with E-state index in [2.05, 4.69) is 37.1 Å². The van der Waals surface area contributed by atoms with Crippen LogP contribution in [-0.4, -0.2) is 18.6 Å². The van der Waals surface area contributed by atoms with E-state index < -0.39 is 0 Å². The van der Waals surface area contributed by atoms with Crippen molar-refractivity contribution in [2.45, 2.75) is 47.1 Å². The van der Waals surface area contributed by atoms with Gasteiger partial charge in [-0.25, -0.2) is 4.98 Å². The Kier molecular flexibility index (Phi) is 6.13. The lowest BCUT2D eigenvalue weighted by Crippen LogP contribution is -2.12. The van der Waals surface area contributed by atoms with E-state index >= 15 is 0 Å². The number of pyridine rings is 1. The van der Waals surface area contributed by atoms with Crippen LogP contribution in [0.25, 0.3) is 0 Å². The molecule has 0 fully saturated rings. The SMILES string of the molecule is CNCc1c(C)cc(C)nc1OCCCC(C)C. The van der Waals surface area contributed by atoms with Gasteiger partial charge in [0.25, 0.3) is 0 Å². The first-order valence-corrected chi connectivity index (χ1v) is 6.79. The zero-order valence-electron chi connectivity index (χ0n) is 12.3. The largest absolute Gasteiger partial charge is 0.477 e. The van der Waals surface area contributed by atoms with Gasteiger partial charge in [-0.3, -0.25) is 0 Å². The van der Waals surface area contributed by atoms with E-state index in [1.54, 1.807) is 0 Å². The molecule has 0 aliphatic heterocycles. The van der Waals surface area contributed by atoms with E-state index in [-0.39, 0.29) is 0 Å². The van der Waals surface area contributed by atoms with Crippen LogP contribution in [0, 0.1) is 19.8 Å². The van der Waals surface area contributed by atoms with Crippen LogP contribution in [-0.2, 0) is 6.54 Å². The van der Waals surface area contributed by atoms with E-state index in [0.717, 1.165) is 37.1 Å². The fraction of sp³-hybridized carbons (Fsp3) is 0.667. The Morgan fingerprint density at radius 3 is 2.67 bits per heavy atom. The molecule has 0 aliphatic carbocycles. The highest BCUT2D eigenvalue weighted by atomic mass is 16.5. The molecule has 18 heavy (non-hydrogen) atoms. The number of hydrogen-bond acceptors (Lipinski definition) is 3. The van der Waals surface area contributed by atoms with Crippen LogP contribution in [0.1, 0.15) is 43.5 Å². The lowest BCUT2D eigenvalue weighted by molar-refractivity contribution is 0.283. The fourth-order valence-electron chi connectivity index (χ4n) is 2.00. The predicted octanol–water partition coefficient (Wildman–Crippen LogP) is 3.23. The molecule has 3 nitrogen and oxygen atoms in total. The van der Waals surface area contributed by atoms with Crippen LogP contribution < -0.4 is 10.1 Å². The highest BCUT2D eigenvalue weighted by Gasteiger charge is 2.09. The van der Waals surface area contributed by atoms with Crippen molar-refractivity contribution in [3.63, 3.8) is 0 Å². The molecule has 0 aliphatic rings. The minimum Gasteiger partial charge on any atom is -0.477 e. The molecular weight excluding hydrogens is 224 g/mol. The maximum Gasteiger partial charge on any atom is 0.218 e. The van der Waals surface area contributed by atoms with Crippen LogP contribution in [0.15, 0.2) is 6.07 Å². The molecule has 0 spiro atoms. The summed E-state index contributed by atoms with van der Waals surface area (Å²) in [5, 5.41) is 3.17. The Morgan fingerprint density at radius 2 is 2.06 bits per heavy atom. The minimum atomic E-state index is 0.734. The van der Waals surface area contributed by atoms with Gasteiger partial charge in [0.15, 0.2) is 0 Å². The standard InChI is InChI=1S/C15H26N2O/c1-11(2)7-6-8-18-15-14(10-16-5)12(3)9-13(4)17-15/h9,11,16H,6-8,10H2,1-5H3. The number of nitrogens with one attached hydrogen (secondary N) is 1. The second kappa shape index (κ2) is 7.37. The third kappa shape index (κ3) is 4.65. The Bertz CT molecular complexity index is 375. The second-order valence-electron chi connectivity index (χ2n) is 5.28. The van der Waals surface area contributed by atoms with Crippen molar-refractivity contribution in [2.75, 3.05) is 13.7 Å². The highest BCUT2D eigenvalue weighted by molar-refractivity contribution is 5.35. The molecule has 0 unspecified atom stereocenters. The number of nitrogens with zero attached hydrogens (tertiary/aromatic N) is 1. The van der Waals surface area contributed by atoms with Gasteiger partial charge in [-0.1, -0.05) is 13.8 Å². The second-order valence-corrected chi connectivity index (χ2v) is 5.28. The summed E-state index contributed by atoms with van der Waals surface area (Å²) in [4.78, 5) is 4.51. The normalized spacial score (nSPS) is 11.0. The molecule has 1 heterocycles. The van der Waals surface area contributed by atoms with Crippen LogP contribution in [0.3, 0.4) is 0 Å². The van der Waals surface area contributed by atoms with Gasteiger partial charge in [-0.05, 0) is 51.3 Å². The zero-order chi connectivity index (χ0) is 13.5. The monoisotopic (exact) mass is 250 g/mol. The van der Waals surface area contributed by atoms with Crippen LogP contribution in [0.5, 0.6) is 5.88 Å². The van der Waals surface area contributed by atoms with E-state index in [0.29, 0.717) is 0 Å². The smallest absolute Gasteiger partial charge is 0.218 e. The van der Waals surface area contributed by atoms with Crippen molar-refractivity contribution in [2.24, 2.45) is 5.92 Å². The Balaban J connectivity index is 2.67. The zero-order valence-corrected chi connectivity index (χ0v) is 12.3. The van der Waals surface area contributed by atoms with E-state index in [9.17, 15) is 0 Å². The summed E-state index contributed by atoms with van der Waals surface area (Å²) < 4.78 is 5.85. The summed E-state index contributed by atoms with van der Waals surface area (Å²) in [5.41, 5.74) is 3.44. The molecule has 0 saturated carbocycles. The quantitative estimate of drug-likeness (QED) is 0.754. The number of aryl methyl sites for hydroxylation is 2. The number of ether oxygens (including phenoxy) is 1. The average molecular weight is 250 g/mol. The predicted molar refractivity (Wildman–Crippen MR) is 76.0 cm³/mol. The molecule has 0 radical (unpaired) electrons. The average Bonchev–Trinajstić information content (AvgIpc) is 2.28. The van der Waals surface area contributed by atoms with E-state index in [1.807, 2.05) is 14.0 Å². The van der Waals surface area contributed by atoms with Crippen molar-refractivity contribution in [1.29, 1.82) is 0 Å². The summed E-state index contributed by atoms with van der Waals surface area (Å²) in [7, 11) is 1.95. The number of hydrogen-bond donors (Lipinski definition) is 1. The van der Waals surface area contributed by atoms with Gasteiger partial charge in [-0.15, -0.1) is 0 Å². The van der Waals surface area contributed by atoms with Gasteiger partial charge in [0.1, 0.15) is 0 Å². The lowest BCUT2D eigenvalue weighted by atomic mass is 10.1. The molecule has 1 aromatic heterocycles. The van der Waals surface area contributed by atoms with E-state index in [4.69, 9.17) is 4.74 Å². The van der Waals surface area contributed by atoms with Crippen LogP contribution in [0.4, 0.5) is 0 Å². The molecule has 1 N–H and O–H groups in total. The van der Waals surface area contributed by atoms with E-state index in [1.165, 1.54) is 17.5 Å². The fourth-order valence-corrected chi connectivity index (χ4v) is 2.00. The molecule has 1 rings (SSSR count). The summed E-state index contributed by atoms with van der Waals surface area (Å²) in [5.74, 6) is 1.53. The van der Waals surface area contributed by atoms with Gasteiger partial charge < -0.3 is 10.1 Å². The van der Waals surface area contributed by atoms with Gasteiger partial charge >= 0.3 is 0 Å². The molecule has 0 bridgehead atoms. The van der Waals surface area contributed by atoms with Gasteiger partial charge in [0.05, 0.1) is 6.61 Å². The number of rotatable bonds is 7. The molecule has 3 heteroatoms. The number of aromatic nitrogens is 1. The Labute approximate surface area is 111 Å². The van der Waals surface area contributed by atoms with Crippen LogP contribution in [0.2, 0.25) is 0 Å². The third-order valence-corrected chi connectivity index (χ3v) is 2.96. The van der Waals surface area contributed by atoms with Crippen molar-refractivity contribution in [3.8, 4) is 5.88 Å². The molecule has 0 aromatic carbocycles. The minimum absolute atomic E-state index is 0.734. The first kappa shape index (κ1) is 15.0. The highest BCUT2D eigenvalue weighted by Crippen LogP contribution is 2.21. The van der Waals surface area contributed by atoms with Crippen molar-refractivity contribution >= 4 is 0 Å². The summed E-state index contributed by atoms with van der Waals surface area (Å²) in [6.07, 6.45) is 2.29. The lowest BCUT2D eigenvalue weighted by Gasteiger charge is -2.14. The van der Waals surface area contributed by atoms with Gasteiger partial charge in [-0.2, -0.15) is 0 Å². The van der Waals surface area contributed by atoms with Gasteiger partial charge in [0.2, 0.25) is 5.88 Å². The molecule has 0 atom stereocenters. The first-order chi connectivity index (χ1) is 8.54. The maximum atomic E-state index is 5.85. The topological polar surface area (TPSA) is 34.2 Å². The Morgan fingerprint density at radius 1 is 1.33 bits per heavy atom. The van der Waals surface area contributed by atoms with Crippen molar-refractivity contribution in [1.82, 2.24) is 10.3 Å². The van der Waals surface area contributed by atoms with Crippen molar-refractivity contribution < 1.29 is 4.74 Å². The summed E-state index contributed by atoms with van der Waals surface area (Å²) in [6.45, 7) is 10.2. The van der Waals surface area contributed by atoms with Crippen LogP contribution >= 0.6 is 0 Å². The molecule has 1 aromatic rings. The van der Waals surface area contributed by atoms with Gasteiger partial charge in [0, 0.05) is 17.8 Å². The molecule has 102 valence electrons. The summed E-state index contributed by atoms with van der Waals surface area (Å²) in [6, 6.07) is 2.10. The molecule has 0 amide bonds. The maximum absolute atomic E-state index is 5.85. The molecule has 0 saturated heterocycles. The first-order valence-electron chi connectivity index (χ1n) is 6.79. The summed E-state index contributed by atoms with van der Waals surface area (Å²) >= 11 is 0. The Hall–Kier alpha value is -1.09. The molecular formula is C15H26N2O.